The molecule has 0 saturated carbocycles. The molecule has 0 radical (unpaired) electrons. The summed E-state index contributed by atoms with van der Waals surface area (Å²) in [4.78, 5) is 0. The largest absolute Gasteiger partial charge is 0.309 e. The summed E-state index contributed by atoms with van der Waals surface area (Å²) in [6.45, 7) is 2.21. The number of aromatic nitrogens is 2. The minimum absolute atomic E-state index is 1.09. The van der Waals surface area contributed by atoms with Crippen molar-refractivity contribution in [1.82, 2.24) is 9.13 Å². The molecule has 12 rings (SSSR count). The molecule has 10 aromatic carbocycles. The second kappa shape index (κ2) is 15.1. The Balaban J connectivity index is 0.995. The Hall–Kier alpha value is -8.20. The predicted octanol–water partition coefficient (Wildman–Crippen LogP) is 16.6. The van der Waals surface area contributed by atoms with Crippen molar-refractivity contribution >= 4 is 65.2 Å². The van der Waals surface area contributed by atoms with Gasteiger partial charge in [-0.25, -0.2) is 0 Å². The highest BCUT2D eigenvalue weighted by atomic mass is 15.0. The van der Waals surface area contributed by atoms with Crippen LogP contribution in [0, 0.1) is 6.92 Å². The summed E-state index contributed by atoms with van der Waals surface area (Å²) >= 11 is 0. The van der Waals surface area contributed by atoms with Crippen molar-refractivity contribution in [2.75, 3.05) is 0 Å². The monoisotopic (exact) mass is 802 g/mol. The van der Waals surface area contributed by atoms with Gasteiger partial charge in [0.2, 0.25) is 0 Å². The van der Waals surface area contributed by atoms with Gasteiger partial charge >= 0.3 is 0 Å². The molecule has 12 aromatic rings. The third kappa shape index (κ3) is 6.18. The van der Waals surface area contributed by atoms with Crippen LogP contribution in [0.25, 0.3) is 110 Å². The highest BCUT2D eigenvalue weighted by molar-refractivity contribution is 6.12. The van der Waals surface area contributed by atoms with Crippen molar-refractivity contribution in [3.63, 3.8) is 0 Å². The number of benzene rings is 9. The Labute approximate surface area is 366 Å². The molecule has 0 fully saturated rings. The summed E-state index contributed by atoms with van der Waals surface area (Å²) in [7, 11) is 0. The lowest BCUT2D eigenvalue weighted by Gasteiger charge is -2.12. The van der Waals surface area contributed by atoms with E-state index in [0.29, 0.717) is 0 Å². The van der Waals surface area contributed by atoms with Crippen molar-refractivity contribution in [2.45, 2.75) is 6.92 Å². The molecule has 2 heteroatoms. The Morgan fingerprint density at radius 1 is 0.254 bits per heavy atom. The Bertz CT molecular complexity index is 3800. The third-order valence-corrected chi connectivity index (χ3v) is 12.9. The van der Waals surface area contributed by atoms with Gasteiger partial charge in [-0.15, -0.1) is 0 Å². The van der Waals surface area contributed by atoms with E-state index in [4.69, 9.17) is 0 Å². The number of hydrogen-bond acceptors (Lipinski definition) is 0. The van der Waals surface area contributed by atoms with Gasteiger partial charge in [0.15, 0.2) is 0 Å². The molecule has 2 heterocycles. The highest BCUT2D eigenvalue weighted by Crippen LogP contribution is 2.39. The van der Waals surface area contributed by atoms with E-state index in [1.807, 2.05) is 0 Å². The van der Waals surface area contributed by atoms with Gasteiger partial charge in [0.1, 0.15) is 0 Å². The molecule has 0 aliphatic rings. The molecule has 0 amide bonds. The van der Waals surface area contributed by atoms with Gasteiger partial charge in [-0.2, -0.15) is 0 Å². The second-order valence-corrected chi connectivity index (χ2v) is 16.5. The molecule has 2 aromatic heterocycles. The minimum Gasteiger partial charge on any atom is -0.309 e. The van der Waals surface area contributed by atoms with Gasteiger partial charge in [0.25, 0.3) is 0 Å². The number of rotatable bonds is 5. The molecule has 0 unspecified atom stereocenters. The lowest BCUT2D eigenvalue weighted by atomic mass is 9.97. The molecule has 0 bridgehead atoms. The quantitative estimate of drug-likeness (QED) is 0.164. The molecule has 2 nitrogen and oxygen atoms in total. The van der Waals surface area contributed by atoms with Crippen LogP contribution in [0.1, 0.15) is 5.56 Å². The Kier molecular flexibility index (Phi) is 8.76. The van der Waals surface area contributed by atoms with Crippen molar-refractivity contribution in [3.8, 4) is 44.8 Å². The van der Waals surface area contributed by atoms with Crippen LogP contribution in [0.3, 0.4) is 0 Å². The molecular formula is C61H42N2. The van der Waals surface area contributed by atoms with E-state index in [1.165, 1.54) is 104 Å². The van der Waals surface area contributed by atoms with Gasteiger partial charge in [-0.1, -0.05) is 188 Å². The lowest BCUT2D eigenvalue weighted by molar-refractivity contribution is 1.18. The van der Waals surface area contributed by atoms with Crippen molar-refractivity contribution < 1.29 is 0 Å². The molecule has 0 aliphatic heterocycles. The van der Waals surface area contributed by atoms with Gasteiger partial charge in [-0.05, 0) is 116 Å². The molecule has 63 heavy (non-hydrogen) atoms. The Morgan fingerprint density at radius 2 is 0.667 bits per heavy atom. The maximum Gasteiger partial charge on any atom is 0.0547 e. The molecule has 0 atom stereocenters. The first-order valence-corrected chi connectivity index (χ1v) is 21.8. The first-order valence-electron chi connectivity index (χ1n) is 21.8. The topological polar surface area (TPSA) is 9.86 Å². The van der Waals surface area contributed by atoms with Crippen LogP contribution in [0.2, 0.25) is 0 Å². The van der Waals surface area contributed by atoms with E-state index < -0.39 is 0 Å². The summed E-state index contributed by atoms with van der Waals surface area (Å²) in [5.41, 5.74) is 15.4. The van der Waals surface area contributed by atoms with Crippen LogP contribution in [0.5, 0.6) is 0 Å². The molecular weight excluding hydrogens is 761 g/mol. The zero-order valence-corrected chi connectivity index (χ0v) is 34.9. The smallest absolute Gasteiger partial charge is 0.0547 e. The predicted molar refractivity (Wildman–Crippen MR) is 269 cm³/mol. The van der Waals surface area contributed by atoms with Gasteiger partial charge in [-0.3, -0.25) is 0 Å². The number of para-hydroxylation sites is 2. The summed E-state index contributed by atoms with van der Waals surface area (Å²) in [5, 5.41) is 10.00. The zero-order chi connectivity index (χ0) is 41.9. The number of aryl methyl sites for hydroxylation is 1. The van der Waals surface area contributed by atoms with Crippen molar-refractivity contribution in [2.24, 2.45) is 0 Å². The number of fused-ring (bicyclic) bond motifs is 8. The Morgan fingerprint density at radius 3 is 1.24 bits per heavy atom. The highest BCUT2D eigenvalue weighted by Gasteiger charge is 2.16. The van der Waals surface area contributed by atoms with Crippen LogP contribution >= 0.6 is 0 Å². The van der Waals surface area contributed by atoms with Crippen LogP contribution in [-0.4, -0.2) is 9.13 Å². The average Bonchev–Trinajstić information content (AvgIpc) is 3.85. The third-order valence-electron chi connectivity index (χ3n) is 12.9. The van der Waals surface area contributed by atoms with E-state index in [9.17, 15) is 0 Å². The fraction of sp³-hybridized carbons (Fsp3) is 0.0164. The van der Waals surface area contributed by atoms with E-state index in [-0.39, 0.29) is 0 Å². The van der Waals surface area contributed by atoms with E-state index in [1.54, 1.807) is 0 Å². The van der Waals surface area contributed by atoms with Crippen molar-refractivity contribution in [1.29, 1.82) is 0 Å². The lowest BCUT2D eigenvalue weighted by Crippen LogP contribution is -1.94. The fourth-order valence-electron chi connectivity index (χ4n) is 9.91. The minimum atomic E-state index is 1.09. The zero-order valence-electron chi connectivity index (χ0n) is 34.9. The molecule has 296 valence electrons. The summed E-state index contributed by atoms with van der Waals surface area (Å²) in [5.74, 6) is 0. The molecule has 0 saturated heterocycles. The first kappa shape index (κ1) is 36.6. The summed E-state index contributed by atoms with van der Waals surface area (Å²) in [6, 6.07) is 86.5. The molecule has 0 N–H and O–H groups in total. The fourth-order valence-corrected chi connectivity index (χ4v) is 9.91. The SMILES string of the molecule is Cc1cccccc(-n2c3ccccc3c3ccc(-c4cccc5ccccc45)cc32)ccc1-c1ccc(-n2c3ccccc3c3ccc(-c4cccc5ccccc45)cc32)cc1. The van der Waals surface area contributed by atoms with E-state index in [0.717, 1.165) is 11.4 Å². The van der Waals surface area contributed by atoms with Crippen LogP contribution in [0.15, 0.2) is 237 Å². The second-order valence-electron chi connectivity index (χ2n) is 16.5. The molecule has 0 spiro atoms. The van der Waals surface area contributed by atoms with Gasteiger partial charge in [0.05, 0.1) is 22.1 Å². The normalized spacial score (nSPS) is 11.6. The van der Waals surface area contributed by atoms with Crippen LogP contribution < -0.4 is 0 Å². The van der Waals surface area contributed by atoms with E-state index in [2.05, 4.69) is 253 Å². The first-order chi connectivity index (χ1) is 31.2. The number of hydrogen-bond donors (Lipinski definition) is 0. The van der Waals surface area contributed by atoms with Gasteiger partial charge in [0, 0.05) is 32.9 Å². The maximum atomic E-state index is 2.43. The van der Waals surface area contributed by atoms with Crippen LogP contribution in [0.4, 0.5) is 0 Å². The standard InChI is InChI=1S/C61H42N2/c1-41-15-3-2-4-20-47(62-58-27-11-9-23-54(58)56-36-31-45(39-60(56)62)52-25-13-18-42-16-5-7-21-50(42)52)35-38-49(41)44-29-33-48(34-30-44)63-59-28-12-10-24-55(59)57-37-32-46(40-61(57)63)53-26-14-19-43-17-6-8-22-51(43)53/h2-40H,1H3. The maximum absolute atomic E-state index is 2.43. The molecule has 0 aliphatic carbocycles. The van der Waals surface area contributed by atoms with E-state index >= 15 is 0 Å². The van der Waals surface area contributed by atoms with Gasteiger partial charge < -0.3 is 9.13 Å². The summed E-state index contributed by atoms with van der Waals surface area (Å²) < 4.78 is 4.85. The number of nitrogens with zero attached hydrogens (tertiary/aromatic N) is 2. The summed E-state index contributed by atoms with van der Waals surface area (Å²) in [6.07, 6.45) is 0. The van der Waals surface area contributed by atoms with Crippen LogP contribution in [-0.2, 0) is 0 Å². The van der Waals surface area contributed by atoms with Crippen molar-refractivity contribution in [3.05, 3.63) is 242 Å². The average molecular weight is 803 g/mol.